The van der Waals surface area contributed by atoms with Crippen LogP contribution in [0.15, 0.2) is 54.6 Å². The van der Waals surface area contributed by atoms with Gasteiger partial charge in [0.15, 0.2) is 0 Å². The van der Waals surface area contributed by atoms with Gasteiger partial charge in [-0.1, -0.05) is 48.5 Å². The van der Waals surface area contributed by atoms with Gasteiger partial charge in [0, 0.05) is 12.5 Å². The van der Waals surface area contributed by atoms with Crippen molar-refractivity contribution >= 4 is 5.97 Å². The zero-order valence-electron chi connectivity index (χ0n) is 11.3. The Kier molecular flexibility index (Phi) is 3.42. The molecular weight excluding hydrogens is 252 g/mol. The maximum Gasteiger partial charge on any atom is 0.303 e. The van der Waals surface area contributed by atoms with Crippen molar-refractivity contribution in [2.45, 2.75) is 18.9 Å². The molecule has 1 aliphatic rings. The van der Waals surface area contributed by atoms with Crippen LogP contribution in [0.3, 0.4) is 0 Å². The Hall–Kier alpha value is -2.29. The molecule has 3 nitrogen and oxygen atoms in total. The number of carbonyl (C=O) groups is 1. The number of fused-ring (bicyclic) bond motifs is 1. The van der Waals surface area contributed by atoms with Crippen molar-refractivity contribution in [1.29, 1.82) is 0 Å². The monoisotopic (exact) mass is 268 g/mol. The lowest BCUT2D eigenvalue weighted by Crippen LogP contribution is -2.27. The van der Waals surface area contributed by atoms with Crippen LogP contribution in [0.2, 0.25) is 0 Å². The third kappa shape index (κ3) is 2.39. The van der Waals surface area contributed by atoms with Crippen LogP contribution in [0.5, 0.6) is 5.75 Å². The lowest BCUT2D eigenvalue weighted by Gasteiger charge is -2.33. The summed E-state index contributed by atoms with van der Waals surface area (Å²) in [5.74, 6) is 0.550. The molecule has 20 heavy (non-hydrogen) atoms. The van der Waals surface area contributed by atoms with E-state index in [-0.39, 0.29) is 18.0 Å². The number of esters is 1. The fourth-order valence-electron chi connectivity index (χ4n) is 2.63. The number of hydrogen-bond donors (Lipinski definition) is 0. The van der Waals surface area contributed by atoms with Crippen LogP contribution >= 0.6 is 0 Å². The molecule has 102 valence electrons. The second kappa shape index (κ2) is 5.37. The zero-order chi connectivity index (χ0) is 13.9. The molecule has 0 aliphatic carbocycles. The number of benzene rings is 2. The Morgan fingerprint density at radius 1 is 1.10 bits per heavy atom. The maximum absolute atomic E-state index is 11.4. The first kappa shape index (κ1) is 12.7. The van der Waals surface area contributed by atoms with E-state index in [2.05, 4.69) is 0 Å². The molecule has 1 aliphatic heterocycles. The van der Waals surface area contributed by atoms with Crippen molar-refractivity contribution < 1.29 is 14.3 Å². The molecule has 0 amide bonds. The van der Waals surface area contributed by atoms with Gasteiger partial charge in [0.25, 0.3) is 0 Å². The summed E-state index contributed by atoms with van der Waals surface area (Å²) in [4.78, 5) is 11.4. The Balaban J connectivity index is 2.01. The van der Waals surface area contributed by atoms with Gasteiger partial charge in [-0.05, 0) is 11.6 Å². The third-order valence-corrected chi connectivity index (χ3v) is 3.53. The first-order valence-corrected chi connectivity index (χ1v) is 6.69. The van der Waals surface area contributed by atoms with E-state index in [1.54, 1.807) is 0 Å². The smallest absolute Gasteiger partial charge is 0.303 e. The lowest BCUT2D eigenvalue weighted by molar-refractivity contribution is -0.149. The van der Waals surface area contributed by atoms with Crippen LogP contribution in [0, 0.1) is 0 Å². The van der Waals surface area contributed by atoms with Crippen molar-refractivity contribution in [3.05, 3.63) is 65.7 Å². The zero-order valence-corrected chi connectivity index (χ0v) is 11.3. The van der Waals surface area contributed by atoms with Gasteiger partial charge in [-0.25, -0.2) is 0 Å². The molecule has 0 fully saturated rings. The van der Waals surface area contributed by atoms with Crippen molar-refractivity contribution in [2.75, 3.05) is 6.61 Å². The van der Waals surface area contributed by atoms with E-state index >= 15 is 0 Å². The topological polar surface area (TPSA) is 35.5 Å². The van der Waals surface area contributed by atoms with Crippen LogP contribution in [-0.4, -0.2) is 12.6 Å². The molecule has 3 heteroatoms. The minimum Gasteiger partial charge on any atom is -0.492 e. The second-order valence-corrected chi connectivity index (χ2v) is 4.90. The molecule has 0 bridgehead atoms. The standard InChI is InChI=1S/C17H16O3/c1-12(18)20-17-14-9-5-6-10-16(14)19-11-15(17)13-7-3-2-4-8-13/h2-10,15,17H,11H2,1H3. The minimum atomic E-state index is -0.292. The van der Waals surface area contributed by atoms with Gasteiger partial charge in [0.2, 0.25) is 0 Å². The van der Waals surface area contributed by atoms with E-state index in [9.17, 15) is 4.79 Å². The Bertz CT molecular complexity index is 607. The number of rotatable bonds is 2. The van der Waals surface area contributed by atoms with E-state index in [0.29, 0.717) is 6.61 Å². The van der Waals surface area contributed by atoms with E-state index in [1.807, 2.05) is 54.6 Å². The second-order valence-electron chi connectivity index (χ2n) is 4.90. The largest absolute Gasteiger partial charge is 0.492 e. The van der Waals surface area contributed by atoms with E-state index < -0.39 is 0 Å². The quantitative estimate of drug-likeness (QED) is 0.782. The predicted octanol–water partition coefficient (Wildman–Crippen LogP) is 3.47. The highest BCUT2D eigenvalue weighted by Gasteiger charge is 2.34. The highest BCUT2D eigenvalue weighted by Crippen LogP contribution is 2.42. The highest BCUT2D eigenvalue weighted by atomic mass is 16.6. The van der Waals surface area contributed by atoms with Crippen molar-refractivity contribution in [3.63, 3.8) is 0 Å². The summed E-state index contributed by atoms with van der Waals surface area (Å²) in [6, 6.07) is 17.8. The molecule has 0 radical (unpaired) electrons. The molecule has 0 saturated carbocycles. The van der Waals surface area contributed by atoms with E-state index in [0.717, 1.165) is 16.9 Å². The van der Waals surface area contributed by atoms with Crippen LogP contribution in [0.25, 0.3) is 0 Å². The first-order chi connectivity index (χ1) is 9.75. The average Bonchev–Trinajstić information content (AvgIpc) is 2.48. The fourth-order valence-corrected chi connectivity index (χ4v) is 2.63. The number of carbonyl (C=O) groups excluding carboxylic acids is 1. The number of ether oxygens (including phenoxy) is 2. The summed E-state index contributed by atoms with van der Waals surface area (Å²) in [5.41, 5.74) is 2.05. The summed E-state index contributed by atoms with van der Waals surface area (Å²) in [5, 5.41) is 0. The number of hydrogen-bond acceptors (Lipinski definition) is 3. The highest BCUT2D eigenvalue weighted by molar-refractivity contribution is 5.66. The third-order valence-electron chi connectivity index (χ3n) is 3.53. The van der Waals surface area contributed by atoms with E-state index in [4.69, 9.17) is 9.47 Å². The Labute approximate surface area is 118 Å². The molecule has 0 N–H and O–H groups in total. The van der Waals surface area contributed by atoms with Gasteiger partial charge in [0.05, 0.1) is 12.5 Å². The van der Waals surface area contributed by atoms with Crippen LogP contribution < -0.4 is 4.74 Å². The van der Waals surface area contributed by atoms with Gasteiger partial charge >= 0.3 is 5.97 Å². The van der Waals surface area contributed by atoms with Crippen molar-refractivity contribution in [1.82, 2.24) is 0 Å². The molecule has 1 heterocycles. The molecule has 0 aromatic heterocycles. The summed E-state index contributed by atoms with van der Waals surface area (Å²) in [6.45, 7) is 1.96. The molecule has 0 spiro atoms. The maximum atomic E-state index is 11.4. The summed E-state index contributed by atoms with van der Waals surface area (Å²) in [6.07, 6.45) is -0.292. The fraction of sp³-hybridized carbons (Fsp3) is 0.235. The van der Waals surface area contributed by atoms with Crippen LogP contribution in [-0.2, 0) is 9.53 Å². The Morgan fingerprint density at radius 2 is 1.80 bits per heavy atom. The molecule has 3 rings (SSSR count). The molecule has 2 atom stereocenters. The normalized spacial score (nSPS) is 20.6. The molecule has 2 aromatic carbocycles. The van der Waals surface area contributed by atoms with Gasteiger partial charge in [-0.15, -0.1) is 0 Å². The van der Waals surface area contributed by atoms with Gasteiger partial charge < -0.3 is 9.47 Å². The summed E-state index contributed by atoms with van der Waals surface area (Å²) >= 11 is 0. The van der Waals surface area contributed by atoms with Crippen LogP contribution in [0.4, 0.5) is 0 Å². The average molecular weight is 268 g/mol. The Morgan fingerprint density at radius 3 is 2.55 bits per heavy atom. The molecular formula is C17H16O3. The van der Waals surface area contributed by atoms with Crippen LogP contribution in [0.1, 0.15) is 30.1 Å². The predicted molar refractivity (Wildman–Crippen MR) is 75.6 cm³/mol. The lowest BCUT2D eigenvalue weighted by atomic mass is 9.87. The molecule has 0 saturated heterocycles. The van der Waals surface area contributed by atoms with E-state index in [1.165, 1.54) is 6.92 Å². The minimum absolute atomic E-state index is 0.0231. The summed E-state index contributed by atoms with van der Waals surface area (Å²) < 4.78 is 11.4. The van der Waals surface area contributed by atoms with Gasteiger partial charge in [-0.3, -0.25) is 4.79 Å². The van der Waals surface area contributed by atoms with Gasteiger partial charge in [-0.2, -0.15) is 0 Å². The number of para-hydroxylation sites is 1. The first-order valence-electron chi connectivity index (χ1n) is 6.69. The molecule has 2 aromatic rings. The van der Waals surface area contributed by atoms with Gasteiger partial charge in [0.1, 0.15) is 11.9 Å². The van der Waals surface area contributed by atoms with Crippen molar-refractivity contribution in [3.8, 4) is 5.75 Å². The van der Waals surface area contributed by atoms with Crippen molar-refractivity contribution in [2.24, 2.45) is 0 Å². The summed E-state index contributed by atoms with van der Waals surface area (Å²) in [7, 11) is 0. The SMILES string of the molecule is CC(=O)OC1c2ccccc2OCC1c1ccccc1. The molecule has 2 unspecified atom stereocenters.